The van der Waals surface area contributed by atoms with Crippen LogP contribution in [0.15, 0.2) is 66.7 Å². The van der Waals surface area contributed by atoms with Gasteiger partial charge in [0.1, 0.15) is 23.2 Å². The highest BCUT2D eigenvalue weighted by molar-refractivity contribution is 7.80. The number of hydrogen-bond donors (Lipinski definition) is 1. The van der Waals surface area contributed by atoms with Crippen molar-refractivity contribution in [2.75, 3.05) is 14.2 Å². The van der Waals surface area contributed by atoms with Gasteiger partial charge in [0.05, 0.1) is 19.8 Å². The molecular formula is C23H22FNO3S. The van der Waals surface area contributed by atoms with Gasteiger partial charge in [-0.3, -0.25) is 0 Å². The van der Waals surface area contributed by atoms with E-state index in [2.05, 4.69) is 5.32 Å². The maximum Gasteiger partial charge on any atom is 0.171 e. The Morgan fingerprint density at radius 3 is 2.41 bits per heavy atom. The second kappa shape index (κ2) is 9.89. The summed E-state index contributed by atoms with van der Waals surface area (Å²) in [5, 5.41) is 3.25. The van der Waals surface area contributed by atoms with E-state index in [1.165, 1.54) is 12.1 Å². The van der Waals surface area contributed by atoms with Gasteiger partial charge >= 0.3 is 0 Å². The largest absolute Gasteiger partial charge is 0.497 e. The third-order valence-corrected chi connectivity index (χ3v) is 4.69. The lowest BCUT2D eigenvalue weighted by molar-refractivity contribution is 0.284. The number of methoxy groups -OCH3 is 2. The summed E-state index contributed by atoms with van der Waals surface area (Å²) in [6, 6.07) is 19.5. The summed E-state index contributed by atoms with van der Waals surface area (Å²) in [6.45, 7) is 0.816. The summed E-state index contributed by atoms with van der Waals surface area (Å²) in [4.78, 5) is 0.542. The summed E-state index contributed by atoms with van der Waals surface area (Å²) < 4.78 is 29.8. The average Bonchev–Trinajstić information content (AvgIpc) is 2.77. The molecule has 0 aromatic heterocycles. The predicted octanol–water partition coefficient (Wildman–Crippen LogP) is 4.89. The second-order valence-electron chi connectivity index (χ2n) is 6.29. The predicted molar refractivity (Wildman–Crippen MR) is 115 cm³/mol. The van der Waals surface area contributed by atoms with Crippen LogP contribution >= 0.6 is 12.2 Å². The first-order valence-electron chi connectivity index (χ1n) is 9.06. The highest BCUT2D eigenvalue weighted by Gasteiger charge is 2.15. The van der Waals surface area contributed by atoms with Crippen LogP contribution in [0.1, 0.15) is 16.7 Å². The third kappa shape index (κ3) is 5.45. The Labute approximate surface area is 175 Å². The van der Waals surface area contributed by atoms with Crippen LogP contribution in [0.2, 0.25) is 0 Å². The minimum atomic E-state index is -0.283. The van der Waals surface area contributed by atoms with Crippen molar-refractivity contribution in [3.05, 3.63) is 89.2 Å². The fourth-order valence-corrected chi connectivity index (χ4v) is 3.03. The molecule has 0 saturated heterocycles. The summed E-state index contributed by atoms with van der Waals surface area (Å²) in [5.41, 5.74) is 2.62. The first-order chi connectivity index (χ1) is 14.1. The highest BCUT2D eigenvalue weighted by Crippen LogP contribution is 2.32. The van der Waals surface area contributed by atoms with Gasteiger partial charge in [-0.05, 0) is 47.5 Å². The SMILES string of the molecule is COc1cccc(CNC(=S)c2cccc(OC)c2OCc2ccc(F)cc2)c1. The lowest BCUT2D eigenvalue weighted by Gasteiger charge is -2.17. The van der Waals surface area contributed by atoms with E-state index in [0.29, 0.717) is 23.0 Å². The number of thiocarbonyl (C=S) groups is 1. The number of benzene rings is 3. The zero-order chi connectivity index (χ0) is 20.6. The molecule has 0 aliphatic carbocycles. The molecule has 0 unspecified atom stereocenters. The maximum absolute atomic E-state index is 13.1. The molecule has 0 aliphatic heterocycles. The lowest BCUT2D eigenvalue weighted by Crippen LogP contribution is -2.22. The Morgan fingerprint density at radius 1 is 0.931 bits per heavy atom. The Kier molecular flexibility index (Phi) is 7.03. The zero-order valence-corrected chi connectivity index (χ0v) is 17.1. The van der Waals surface area contributed by atoms with Crippen molar-refractivity contribution in [1.29, 1.82) is 0 Å². The number of ether oxygens (including phenoxy) is 3. The molecule has 150 valence electrons. The van der Waals surface area contributed by atoms with Gasteiger partial charge in [0, 0.05) is 6.54 Å². The van der Waals surface area contributed by atoms with E-state index in [4.69, 9.17) is 26.4 Å². The minimum Gasteiger partial charge on any atom is -0.497 e. The van der Waals surface area contributed by atoms with E-state index in [9.17, 15) is 4.39 Å². The van der Waals surface area contributed by atoms with Gasteiger partial charge in [-0.1, -0.05) is 42.5 Å². The Bertz CT molecular complexity index is 976. The number of rotatable bonds is 8. The van der Waals surface area contributed by atoms with Crippen LogP contribution in [-0.2, 0) is 13.2 Å². The fraction of sp³-hybridized carbons (Fsp3) is 0.174. The van der Waals surface area contributed by atoms with Crippen molar-refractivity contribution in [3.63, 3.8) is 0 Å². The summed E-state index contributed by atoms with van der Waals surface area (Å²) in [5.74, 6) is 1.63. The molecule has 0 atom stereocenters. The number of para-hydroxylation sites is 1. The van der Waals surface area contributed by atoms with Gasteiger partial charge in [0.25, 0.3) is 0 Å². The van der Waals surface area contributed by atoms with E-state index < -0.39 is 0 Å². The van der Waals surface area contributed by atoms with Gasteiger partial charge in [-0.15, -0.1) is 0 Å². The first kappa shape index (κ1) is 20.6. The standard InChI is InChI=1S/C23H22FNO3S/c1-26-19-6-3-5-17(13-19)14-25-23(29)20-7-4-8-21(27-2)22(20)28-15-16-9-11-18(24)12-10-16/h3-13H,14-15H2,1-2H3,(H,25,29). The highest BCUT2D eigenvalue weighted by atomic mass is 32.1. The van der Waals surface area contributed by atoms with Crippen LogP contribution in [0.3, 0.4) is 0 Å². The molecule has 0 spiro atoms. The van der Waals surface area contributed by atoms with E-state index in [-0.39, 0.29) is 12.4 Å². The van der Waals surface area contributed by atoms with Crippen LogP contribution in [0.4, 0.5) is 4.39 Å². The van der Waals surface area contributed by atoms with E-state index >= 15 is 0 Å². The summed E-state index contributed by atoms with van der Waals surface area (Å²) in [7, 11) is 3.22. The molecule has 0 saturated carbocycles. The summed E-state index contributed by atoms with van der Waals surface area (Å²) >= 11 is 5.60. The molecule has 0 radical (unpaired) electrons. The number of halogens is 1. The van der Waals surface area contributed by atoms with Crippen LogP contribution in [-0.4, -0.2) is 19.2 Å². The quantitative estimate of drug-likeness (QED) is 0.535. The van der Waals surface area contributed by atoms with Gasteiger partial charge in [0.2, 0.25) is 0 Å². The van der Waals surface area contributed by atoms with Gasteiger partial charge < -0.3 is 19.5 Å². The molecule has 0 fully saturated rings. The van der Waals surface area contributed by atoms with Crippen molar-refractivity contribution >= 4 is 17.2 Å². The van der Waals surface area contributed by atoms with E-state index in [1.54, 1.807) is 26.4 Å². The van der Waals surface area contributed by atoms with E-state index in [1.807, 2.05) is 42.5 Å². The topological polar surface area (TPSA) is 39.7 Å². The van der Waals surface area contributed by atoms with Crippen molar-refractivity contribution in [1.82, 2.24) is 5.32 Å². The Hall–Kier alpha value is -3.12. The molecule has 3 rings (SSSR count). The average molecular weight is 411 g/mol. The molecule has 3 aromatic carbocycles. The molecular weight excluding hydrogens is 389 g/mol. The van der Waals surface area contributed by atoms with Crippen LogP contribution in [0.25, 0.3) is 0 Å². The Balaban J connectivity index is 1.75. The minimum absolute atomic E-state index is 0.270. The van der Waals surface area contributed by atoms with Crippen LogP contribution in [0.5, 0.6) is 17.2 Å². The molecule has 29 heavy (non-hydrogen) atoms. The third-order valence-electron chi connectivity index (χ3n) is 4.33. The summed E-state index contributed by atoms with van der Waals surface area (Å²) in [6.07, 6.45) is 0. The number of nitrogens with one attached hydrogen (secondary N) is 1. The number of hydrogen-bond acceptors (Lipinski definition) is 4. The molecule has 0 heterocycles. The molecule has 0 bridgehead atoms. The van der Waals surface area contributed by atoms with Crippen LogP contribution < -0.4 is 19.5 Å². The molecule has 0 aliphatic rings. The first-order valence-corrected chi connectivity index (χ1v) is 9.47. The van der Waals surface area contributed by atoms with Crippen molar-refractivity contribution in [2.24, 2.45) is 0 Å². The molecule has 3 aromatic rings. The van der Waals surface area contributed by atoms with Crippen LogP contribution in [0, 0.1) is 5.82 Å². The van der Waals surface area contributed by atoms with Crippen molar-refractivity contribution < 1.29 is 18.6 Å². The monoisotopic (exact) mass is 411 g/mol. The maximum atomic E-state index is 13.1. The molecule has 4 nitrogen and oxygen atoms in total. The van der Waals surface area contributed by atoms with Gasteiger partial charge in [0.15, 0.2) is 11.5 Å². The lowest BCUT2D eigenvalue weighted by atomic mass is 10.1. The van der Waals surface area contributed by atoms with Gasteiger partial charge in [-0.2, -0.15) is 0 Å². The normalized spacial score (nSPS) is 10.3. The Morgan fingerprint density at radius 2 is 1.69 bits per heavy atom. The second-order valence-corrected chi connectivity index (χ2v) is 6.69. The molecule has 1 N–H and O–H groups in total. The van der Waals surface area contributed by atoms with E-state index in [0.717, 1.165) is 22.4 Å². The molecule has 6 heteroatoms. The smallest absolute Gasteiger partial charge is 0.171 e. The van der Waals surface area contributed by atoms with Crippen molar-refractivity contribution in [3.8, 4) is 17.2 Å². The molecule has 0 amide bonds. The van der Waals surface area contributed by atoms with Gasteiger partial charge in [-0.25, -0.2) is 4.39 Å². The fourth-order valence-electron chi connectivity index (χ4n) is 2.80. The van der Waals surface area contributed by atoms with Crippen molar-refractivity contribution in [2.45, 2.75) is 13.2 Å². The zero-order valence-electron chi connectivity index (χ0n) is 16.3.